The van der Waals surface area contributed by atoms with E-state index in [1.165, 1.54) is 0 Å². The van der Waals surface area contributed by atoms with Crippen molar-refractivity contribution >= 4 is 87.1 Å². The maximum Gasteiger partial charge on any atom is 0.165 e. The van der Waals surface area contributed by atoms with E-state index < -0.39 is 0 Å². The van der Waals surface area contributed by atoms with Gasteiger partial charge in [0.25, 0.3) is 0 Å². The van der Waals surface area contributed by atoms with Gasteiger partial charge in [0.15, 0.2) is 17.5 Å². The zero-order chi connectivity index (χ0) is 52.4. The van der Waals surface area contributed by atoms with E-state index in [4.69, 9.17) is 24.9 Å². The monoisotopic (exact) mass is 1020 g/mol. The number of nitrogens with one attached hydrogen (secondary N) is 2. The minimum Gasteiger partial charge on any atom is -0.339 e. The molecule has 0 spiro atoms. The van der Waals surface area contributed by atoms with E-state index in [9.17, 15) is 0 Å². The standard InChI is InChI=1S/C73H43N7/c1-5-21-42(22-6-1)60-50-33-17-14-30-47(50)38-55-64(60)59-41-58-54-37-46-29-13-18-34-51(46)61(43-23-7-2-8-24-43)65(54)71(74-58)77-69-56-39-48-31-15-20-36-53(48)63(45-27-11-4-12-28-45)67(56)73(78-69)80-70-57-40-49-32-16-19-35-52(49)62(44-25-9-3-10-26-44)66(57)72(79-70)76-68(55)75-59/h1-41H,(H2,74,75,76,77,78,79,80). The molecule has 17 rings (SSSR count). The highest BCUT2D eigenvalue weighted by atomic mass is 15.0. The van der Waals surface area contributed by atoms with Crippen LogP contribution in [0.1, 0.15) is 0 Å². The summed E-state index contributed by atoms with van der Waals surface area (Å²) in [6.45, 7) is 0. The van der Waals surface area contributed by atoms with Crippen molar-refractivity contribution in [1.29, 1.82) is 0 Å². The van der Waals surface area contributed by atoms with E-state index in [1.807, 2.05) is 0 Å². The van der Waals surface area contributed by atoms with Gasteiger partial charge in [0.05, 0.1) is 5.69 Å². The predicted molar refractivity (Wildman–Crippen MR) is 330 cm³/mol. The molecule has 0 aliphatic carbocycles. The van der Waals surface area contributed by atoms with Gasteiger partial charge in [0.1, 0.15) is 16.9 Å². The molecule has 80 heavy (non-hydrogen) atoms. The fourth-order valence-corrected chi connectivity index (χ4v) is 12.9. The number of hydrogen-bond acceptors (Lipinski definition) is 5. The Morgan fingerprint density at radius 1 is 0.237 bits per heavy atom. The Morgan fingerprint density at radius 3 is 1.14 bits per heavy atom. The summed E-state index contributed by atoms with van der Waals surface area (Å²) in [5, 5.41) is 12.7. The van der Waals surface area contributed by atoms with Crippen LogP contribution in [0.3, 0.4) is 0 Å². The fraction of sp³-hybridized carbons (Fsp3) is 0. The molecule has 2 aliphatic rings. The minimum absolute atomic E-state index is 0.550. The summed E-state index contributed by atoms with van der Waals surface area (Å²) in [5.74, 6) is 1.70. The Bertz CT molecular complexity index is 4950. The second kappa shape index (κ2) is 17.3. The zero-order valence-electron chi connectivity index (χ0n) is 42.9. The van der Waals surface area contributed by atoms with Gasteiger partial charge in [-0.25, -0.2) is 24.9 Å². The van der Waals surface area contributed by atoms with Crippen LogP contribution in [-0.4, -0.2) is 34.9 Å². The van der Waals surface area contributed by atoms with Crippen molar-refractivity contribution in [1.82, 2.24) is 34.9 Å². The molecule has 0 unspecified atom stereocenters. The molecule has 0 amide bonds. The van der Waals surface area contributed by atoms with Gasteiger partial charge in [0, 0.05) is 66.0 Å². The van der Waals surface area contributed by atoms with Crippen molar-refractivity contribution in [3.05, 3.63) is 249 Å². The number of aromatic amines is 2. The highest BCUT2D eigenvalue weighted by molar-refractivity contribution is 6.24. The van der Waals surface area contributed by atoms with Gasteiger partial charge in [-0.1, -0.05) is 218 Å². The third kappa shape index (κ3) is 6.71. The number of nitrogens with zero attached hydrogens (tertiary/aromatic N) is 5. The Morgan fingerprint density at radius 2 is 0.613 bits per heavy atom. The molecule has 0 saturated heterocycles. The van der Waals surface area contributed by atoms with Gasteiger partial charge >= 0.3 is 0 Å². The quantitative estimate of drug-likeness (QED) is 0.183. The first-order valence-electron chi connectivity index (χ1n) is 27.1. The Kier molecular flexibility index (Phi) is 9.58. The first-order valence-corrected chi connectivity index (χ1v) is 27.1. The van der Waals surface area contributed by atoms with Gasteiger partial charge in [-0.2, -0.15) is 0 Å². The molecule has 12 aromatic carbocycles. The lowest BCUT2D eigenvalue weighted by molar-refractivity contribution is 1.21. The van der Waals surface area contributed by atoms with Crippen LogP contribution in [0.15, 0.2) is 249 Å². The third-order valence-electron chi connectivity index (χ3n) is 16.3. The van der Waals surface area contributed by atoms with Crippen LogP contribution in [-0.2, 0) is 0 Å². The molecule has 0 radical (unpaired) electrons. The van der Waals surface area contributed by atoms with Crippen molar-refractivity contribution in [2.24, 2.45) is 0 Å². The van der Waals surface area contributed by atoms with Crippen molar-refractivity contribution in [3.8, 4) is 89.9 Å². The maximum absolute atomic E-state index is 5.79. The molecular formula is C73H43N7. The third-order valence-corrected chi connectivity index (χ3v) is 16.3. The van der Waals surface area contributed by atoms with Gasteiger partial charge in [0.2, 0.25) is 0 Å². The average molecular weight is 1020 g/mol. The van der Waals surface area contributed by atoms with Gasteiger partial charge in [-0.05, 0) is 101 Å². The smallest absolute Gasteiger partial charge is 0.165 e. The minimum atomic E-state index is 0.550. The van der Waals surface area contributed by atoms with E-state index in [1.54, 1.807) is 0 Å². The summed E-state index contributed by atoms with van der Waals surface area (Å²) >= 11 is 0. The molecule has 3 aromatic heterocycles. The zero-order valence-corrected chi connectivity index (χ0v) is 42.9. The molecule has 0 fully saturated rings. The number of benzene rings is 12. The molecule has 2 aliphatic heterocycles. The molecule has 7 heteroatoms. The van der Waals surface area contributed by atoms with Gasteiger partial charge in [-0.15, -0.1) is 0 Å². The normalized spacial score (nSPS) is 12.0. The molecule has 7 nitrogen and oxygen atoms in total. The molecule has 0 saturated carbocycles. The van der Waals surface area contributed by atoms with Gasteiger partial charge in [-0.3, -0.25) is 0 Å². The van der Waals surface area contributed by atoms with Crippen LogP contribution in [0.25, 0.3) is 177 Å². The van der Waals surface area contributed by atoms with E-state index >= 15 is 0 Å². The lowest BCUT2D eigenvalue weighted by Crippen LogP contribution is -1.90. The first kappa shape index (κ1) is 44.3. The van der Waals surface area contributed by atoms with Crippen LogP contribution < -0.4 is 0 Å². The lowest BCUT2D eigenvalue weighted by Gasteiger charge is -2.13. The van der Waals surface area contributed by atoms with Crippen LogP contribution >= 0.6 is 0 Å². The predicted octanol–water partition coefficient (Wildman–Crippen LogP) is 18.8. The summed E-state index contributed by atoms with van der Waals surface area (Å²) in [7, 11) is 0. The molecule has 0 atom stereocenters. The Balaban J connectivity index is 1.13. The summed E-state index contributed by atoms with van der Waals surface area (Å²) in [6.07, 6.45) is 0. The largest absolute Gasteiger partial charge is 0.339 e. The van der Waals surface area contributed by atoms with E-state index in [-0.39, 0.29) is 0 Å². The van der Waals surface area contributed by atoms with E-state index in [0.717, 1.165) is 143 Å². The fourth-order valence-electron chi connectivity index (χ4n) is 12.9. The van der Waals surface area contributed by atoms with Crippen LogP contribution in [0, 0.1) is 0 Å². The van der Waals surface area contributed by atoms with Crippen molar-refractivity contribution in [2.45, 2.75) is 0 Å². The highest BCUT2D eigenvalue weighted by Gasteiger charge is 2.29. The van der Waals surface area contributed by atoms with Crippen molar-refractivity contribution < 1.29 is 0 Å². The topological polar surface area (TPSA) is 96.0 Å². The first-order chi connectivity index (χ1) is 39.7. The number of hydrogen-bond donors (Lipinski definition) is 2. The van der Waals surface area contributed by atoms with E-state index in [2.05, 4.69) is 259 Å². The molecule has 15 aromatic rings. The van der Waals surface area contributed by atoms with Gasteiger partial charge < -0.3 is 9.97 Å². The molecule has 370 valence electrons. The second-order valence-electron chi connectivity index (χ2n) is 20.8. The number of fused-ring (bicyclic) bond motifs is 24. The maximum atomic E-state index is 5.79. The summed E-state index contributed by atoms with van der Waals surface area (Å²) in [6, 6.07) is 88.4. The summed E-state index contributed by atoms with van der Waals surface area (Å²) < 4.78 is 0. The summed E-state index contributed by atoms with van der Waals surface area (Å²) in [5.41, 5.74) is 16.0. The number of H-pyrrole nitrogens is 2. The van der Waals surface area contributed by atoms with Crippen LogP contribution in [0.2, 0.25) is 0 Å². The van der Waals surface area contributed by atoms with Crippen molar-refractivity contribution in [2.75, 3.05) is 0 Å². The molecule has 2 N–H and O–H groups in total. The Labute approximate surface area is 458 Å². The van der Waals surface area contributed by atoms with Crippen LogP contribution in [0.5, 0.6) is 0 Å². The number of aromatic nitrogens is 7. The summed E-state index contributed by atoms with van der Waals surface area (Å²) in [4.78, 5) is 36.5. The van der Waals surface area contributed by atoms with Crippen molar-refractivity contribution in [3.63, 3.8) is 0 Å². The molecule has 8 bridgehead atoms. The molecular weight excluding hydrogens is 975 g/mol. The Hall–Kier alpha value is -10.9. The lowest BCUT2D eigenvalue weighted by atomic mass is 9.89. The van der Waals surface area contributed by atoms with Crippen LogP contribution in [0.4, 0.5) is 0 Å². The molecule has 5 heterocycles. The second-order valence-corrected chi connectivity index (χ2v) is 20.8. The SMILES string of the molecule is c1ccc(-c2c3c(cc4ccccc24)-c2nc-3cc3[nH]c(nc4nc(nc5[nH]c(n2)c2c(-c6ccccc6)c6ccccc6cc52)-c2c-4cc4ccccc4c2-c2ccccc2)c2c(-c4ccccc4)c4ccccc4cc32)cc1. The van der Waals surface area contributed by atoms with E-state index in [0.29, 0.717) is 34.4 Å². The highest BCUT2D eigenvalue weighted by Crippen LogP contribution is 2.50. The average Bonchev–Trinajstić information content (AvgIpc) is 4.41. The number of rotatable bonds is 4.